The molecule has 0 amide bonds. The van der Waals surface area contributed by atoms with Crippen molar-refractivity contribution in [3.05, 3.63) is 59.7 Å². The molecule has 0 unspecified atom stereocenters. The average molecular weight is 559 g/mol. The van der Waals surface area contributed by atoms with Crippen molar-refractivity contribution in [1.29, 1.82) is 0 Å². The minimum atomic E-state index is -1.48. The average Bonchev–Trinajstić information content (AvgIpc) is 2.86. The van der Waals surface area contributed by atoms with Gasteiger partial charge in [0.1, 0.15) is 24.2 Å². The lowest BCUT2D eigenvalue weighted by molar-refractivity contribution is -0.288. The first kappa shape index (κ1) is 30.1. The van der Waals surface area contributed by atoms with Gasteiger partial charge in [0.15, 0.2) is 18.0 Å². The van der Waals surface area contributed by atoms with Gasteiger partial charge in [-0.25, -0.2) is 0 Å². The summed E-state index contributed by atoms with van der Waals surface area (Å²) in [7, 11) is 0. The van der Waals surface area contributed by atoms with Gasteiger partial charge in [-0.05, 0) is 17.7 Å². The van der Waals surface area contributed by atoms with Crippen LogP contribution in [0.3, 0.4) is 0 Å². The van der Waals surface area contributed by atoms with Crippen LogP contribution in [0.4, 0.5) is 0 Å². The van der Waals surface area contributed by atoms with E-state index in [0.29, 0.717) is 0 Å². The fraction of sp³-hybridized carbons (Fsp3) is 0.393. The molecule has 3 rings (SSSR count). The highest BCUT2D eigenvalue weighted by Gasteiger charge is 2.53. The van der Waals surface area contributed by atoms with Crippen LogP contribution in [0.2, 0.25) is 0 Å². The first-order valence-corrected chi connectivity index (χ1v) is 12.3. The first-order valence-electron chi connectivity index (χ1n) is 12.3. The largest absolute Gasteiger partial charge is 0.507 e. The zero-order valence-corrected chi connectivity index (χ0v) is 22.4. The molecule has 0 spiro atoms. The third-order valence-electron chi connectivity index (χ3n) is 5.68. The molecular formula is C28H30O12. The number of phenolic OH excluding ortho intramolecular Hbond substituents is 1. The molecule has 0 saturated carbocycles. The number of hydrogen-bond acceptors (Lipinski definition) is 12. The summed E-state index contributed by atoms with van der Waals surface area (Å²) in [5.41, 5.74) is 0.822. The minimum absolute atomic E-state index is 0.00895. The Kier molecular flexibility index (Phi) is 10.2. The molecule has 5 atom stereocenters. The predicted molar refractivity (Wildman–Crippen MR) is 135 cm³/mol. The van der Waals surface area contributed by atoms with Crippen LogP contribution in [-0.4, -0.2) is 72.1 Å². The zero-order valence-electron chi connectivity index (χ0n) is 22.4. The summed E-state index contributed by atoms with van der Waals surface area (Å²) < 4.78 is 32.8. The smallest absolute Gasteiger partial charge is 0.303 e. The van der Waals surface area contributed by atoms with Crippen molar-refractivity contribution < 1.29 is 57.5 Å². The number of ether oxygens (including phenoxy) is 6. The molecule has 1 aliphatic heterocycles. The molecule has 214 valence electrons. The number of Topliss-reactive ketones (excluding diaryl/α,β-unsaturated/α-hetero) is 1. The van der Waals surface area contributed by atoms with E-state index in [2.05, 4.69) is 0 Å². The predicted octanol–water partition coefficient (Wildman–Crippen LogP) is 2.28. The van der Waals surface area contributed by atoms with E-state index in [1.165, 1.54) is 18.2 Å². The van der Waals surface area contributed by atoms with Gasteiger partial charge in [0.25, 0.3) is 0 Å². The van der Waals surface area contributed by atoms with Gasteiger partial charge >= 0.3 is 23.9 Å². The van der Waals surface area contributed by atoms with E-state index in [0.717, 1.165) is 33.3 Å². The monoisotopic (exact) mass is 558 g/mol. The third kappa shape index (κ3) is 8.27. The number of carbonyl (C=O) groups is 5. The van der Waals surface area contributed by atoms with Crippen LogP contribution in [-0.2, 0) is 49.3 Å². The molecule has 0 aliphatic carbocycles. The van der Waals surface area contributed by atoms with Gasteiger partial charge in [-0.3, -0.25) is 24.0 Å². The maximum absolute atomic E-state index is 12.7. The van der Waals surface area contributed by atoms with E-state index in [9.17, 15) is 29.1 Å². The number of hydrogen-bond donors (Lipinski definition) is 1. The standard InChI is InChI=1S/C28H30O12/c1-15(29)35-14-24-25(36-16(2)30)26(37-17(3)31)27(38-18(4)32)28(40-24)39-20-10-11-21(23(34)13-20)22(33)12-19-8-6-5-7-9-19/h5-11,13,24-28,34H,12,14H2,1-4H3/t24-,25+,26+,27+,28+/m0/s1. The number of benzene rings is 2. The van der Waals surface area contributed by atoms with Crippen molar-refractivity contribution >= 4 is 29.7 Å². The molecule has 0 radical (unpaired) electrons. The number of esters is 4. The van der Waals surface area contributed by atoms with Crippen LogP contribution in [0.15, 0.2) is 48.5 Å². The van der Waals surface area contributed by atoms with Crippen molar-refractivity contribution in [3.63, 3.8) is 0 Å². The van der Waals surface area contributed by atoms with Gasteiger partial charge in [-0.2, -0.15) is 0 Å². The highest BCUT2D eigenvalue weighted by Crippen LogP contribution is 2.32. The van der Waals surface area contributed by atoms with Crippen LogP contribution in [0.1, 0.15) is 43.6 Å². The fourth-order valence-corrected chi connectivity index (χ4v) is 4.11. The Morgan fingerprint density at radius 1 is 0.775 bits per heavy atom. The van der Waals surface area contributed by atoms with Crippen molar-refractivity contribution in [2.75, 3.05) is 6.61 Å². The van der Waals surface area contributed by atoms with Crippen molar-refractivity contribution in [1.82, 2.24) is 0 Å². The Balaban J connectivity index is 1.91. The van der Waals surface area contributed by atoms with Crippen molar-refractivity contribution in [2.45, 2.75) is 64.8 Å². The second kappa shape index (κ2) is 13.6. The molecule has 1 aliphatic rings. The van der Waals surface area contributed by atoms with E-state index >= 15 is 0 Å². The van der Waals surface area contributed by atoms with Crippen LogP contribution in [0.5, 0.6) is 11.5 Å². The molecule has 0 bridgehead atoms. The van der Waals surface area contributed by atoms with Crippen LogP contribution in [0.25, 0.3) is 0 Å². The van der Waals surface area contributed by atoms with Gasteiger partial charge in [-0.1, -0.05) is 30.3 Å². The zero-order chi connectivity index (χ0) is 29.4. The lowest BCUT2D eigenvalue weighted by atomic mass is 9.98. The number of phenols is 1. The third-order valence-corrected chi connectivity index (χ3v) is 5.68. The Bertz CT molecular complexity index is 1240. The number of aromatic hydroxyl groups is 1. The Morgan fingerprint density at radius 2 is 1.38 bits per heavy atom. The molecule has 0 aromatic heterocycles. The minimum Gasteiger partial charge on any atom is -0.507 e. The van der Waals surface area contributed by atoms with Crippen molar-refractivity contribution in [2.24, 2.45) is 0 Å². The van der Waals surface area contributed by atoms with Crippen LogP contribution < -0.4 is 4.74 Å². The topological polar surface area (TPSA) is 161 Å². The fourth-order valence-electron chi connectivity index (χ4n) is 4.11. The molecular weight excluding hydrogens is 528 g/mol. The number of carbonyl (C=O) groups excluding carboxylic acids is 5. The summed E-state index contributed by atoms with van der Waals surface area (Å²) >= 11 is 0. The van der Waals surface area contributed by atoms with Crippen LogP contribution >= 0.6 is 0 Å². The van der Waals surface area contributed by atoms with E-state index in [1.807, 2.05) is 6.07 Å². The molecule has 2 aromatic carbocycles. The second-order valence-corrected chi connectivity index (χ2v) is 8.95. The lowest BCUT2D eigenvalue weighted by Crippen LogP contribution is -2.63. The molecule has 40 heavy (non-hydrogen) atoms. The summed E-state index contributed by atoms with van der Waals surface area (Å²) in [6.07, 6.45) is -6.81. The van der Waals surface area contributed by atoms with Crippen LogP contribution in [0, 0.1) is 0 Å². The van der Waals surface area contributed by atoms with Gasteiger partial charge in [-0.15, -0.1) is 0 Å². The molecule has 1 fully saturated rings. The molecule has 12 heteroatoms. The van der Waals surface area contributed by atoms with E-state index in [4.69, 9.17) is 28.4 Å². The van der Waals surface area contributed by atoms with Crippen molar-refractivity contribution in [3.8, 4) is 11.5 Å². The maximum atomic E-state index is 12.7. The second-order valence-electron chi connectivity index (χ2n) is 8.95. The summed E-state index contributed by atoms with van der Waals surface area (Å²) in [5, 5.41) is 10.6. The highest BCUT2D eigenvalue weighted by molar-refractivity contribution is 6.00. The Labute approximate surface area is 230 Å². The van der Waals surface area contributed by atoms with Gasteiger partial charge in [0, 0.05) is 40.2 Å². The normalized spacial score (nSPS) is 21.9. The molecule has 1 saturated heterocycles. The summed E-state index contributed by atoms with van der Waals surface area (Å²) in [5.74, 6) is -3.69. The first-order chi connectivity index (χ1) is 18.9. The molecule has 2 aromatic rings. The lowest BCUT2D eigenvalue weighted by Gasteiger charge is -2.43. The van der Waals surface area contributed by atoms with E-state index in [1.54, 1.807) is 24.3 Å². The quantitative estimate of drug-likeness (QED) is 0.258. The van der Waals surface area contributed by atoms with Gasteiger partial charge in [0.2, 0.25) is 12.4 Å². The summed E-state index contributed by atoms with van der Waals surface area (Å²) in [6.45, 7) is 4.06. The maximum Gasteiger partial charge on any atom is 0.303 e. The summed E-state index contributed by atoms with van der Waals surface area (Å²) in [4.78, 5) is 60.0. The number of rotatable bonds is 10. The Morgan fingerprint density at radius 3 is 1.95 bits per heavy atom. The molecule has 12 nitrogen and oxygen atoms in total. The van der Waals surface area contributed by atoms with E-state index < -0.39 is 61.2 Å². The SMILES string of the molecule is CC(=O)OC[C@@H]1O[C@@H](Oc2ccc(C(=O)Cc3ccccc3)c(O)c2)[C@H](OC(C)=O)[C@H](OC(C)=O)[C@@H]1OC(C)=O. The molecule has 1 N–H and O–H groups in total. The Hall–Kier alpha value is -4.45. The molecule has 1 heterocycles. The highest BCUT2D eigenvalue weighted by atomic mass is 16.7. The van der Waals surface area contributed by atoms with E-state index in [-0.39, 0.29) is 29.3 Å². The number of ketones is 1. The summed E-state index contributed by atoms with van der Waals surface area (Å²) in [6, 6.07) is 12.9. The van der Waals surface area contributed by atoms with Gasteiger partial charge < -0.3 is 33.5 Å². The van der Waals surface area contributed by atoms with Gasteiger partial charge in [0.05, 0.1) is 5.56 Å².